The molecule has 7 nitrogen and oxygen atoms in total. The highest BCUT2D eigenvalue weighted by atomic mass is 19.1. The Morgan fingerprint density at radius 3 is 2.77 bits per heavy atom. The van der Waals surface area contributed by atoms with Gasteiger partial charge in [-0.15, -0.1) is 0 Å². The first-order valence-corrected chi connectivity index (χ1v) is 10.3. The van der Waals surface area contributed by atoms with Gasteiger partial charge >= 0.3 is 0 Å². The Morgan fingerprint density at radius 1 is 1.26 bits per heavy atom. The second-order valence-corrected chi connectivity index (χ2v) is 8.59. The normalized spacial score (nSPS) is 24.7. The van der Waals surface area contributed by atoms with E-state index in [-0.39, 0.29) is 34.8 Å². The van der Waals surface area contributed by atoms with Gasteiger partial charge in [0.25, 0.3) is 11.8 Å². The zero-order chi connectivity index (χ0) is 22.0. The van der Waals surface area contributed by atoms with E-state index >= 15 is 0 Å². The summed E-state index contributed by atoms with van der Waals surface area (Å²) in [7, 11) is 0. The lowest BCUT2D eigenvalue weighted by molar-refractivity contribution is 0.0482. The number of benzene rings is 1. The molecule has 2 fully saturated rings. The lowest BCUT2D eigenvalue weighted by atomic mass is 9.95. The van der Waals surface area contributed by atoms with E-state index in [1.807, 2.05) is 0 Å². The minimum atomic E-state index is -0.952. The van der Waals surface area contributed by atoms with Crippen molar-refractivity contribution in [1.82, 2.24) is 14.8 Å². The molecular weight excluding hydrogens is 408 g/mol. The van der Waals surface area contributed by atoms with Crippen LogP contribution in [-0.4, -0.2) is 38.5 Å². The van der Waals surface area contributed by atoms with Crippen LogP contribution in [0.4, 0.5) is 8.78 Å². The second-order valence-electron chi connectivity index (χ2n) is 8.59. The van der Waals surface area contributed by atoms with Crippen LogP contribution in [0.15, 0.2) is 29.2 Å². The fourth-order valence-electron chi connectivity index (χ4n) is 5.35. The van der Waals surface area contributed by atoms with E-state index in [0.717, 1.165) is 25.3 Å². The van der Waals surface area contributed by atoms with Crippen molar-refractivity contribution in [2.24, 2.45) is 5.92 Å². The lowest BCUT2D eigenvalue weighted by Gasteiger charge is -2.40. The Morgan fingerprint density at radius 2 is 2.03 bits per heavy atom. The van der Waals surface area contributed by atoms with Gasteiger partial charge in [0, 0.05) is 30.4 Å². The number of hydrogen-bond donors (Lipinski definition) is 2. The van der Waals surface area contributed by atoms with E-state index in [2.05, 4.69) is 5.32 Å². The third kappa shape index (κ3) is 2.94. The fraction of sp³-hybridized carbons (Fsp3) is 0.409. The van der Waals surface area contributed by atoms with Crippen molar-refractivity contribution in [3.05, 3.63) is 63.1 Å². The van der Waals surface area contributed by atoms with Crippen molar-refractivity contribution in [2.75, 3.05) is 0 Å². The van der Waals surface area contributed by atoms with Gasteiger partial charge in [-0.05, 0) is 38.2 Å². The van der Waals surface area contributed by atoms with E-state index in [1.54, 1.807) is 4.90 Å². The molecule has 1 saturated carbocycles. The summed E-state index contributed by atoms with van der Waals surface area (Å²) in [4.78, 5) is 40.2. The lowest BCUT2D eigenvalue weighted by Crippen LogP contribution is -2.52. The molecule has 162 valence electrons. The number of carbonyl (C=O) groups is 2. The molecule has 2 aliphatic heterocycles. The van der Waals surface area contributed by atoms with Crippen molar-refractivity contribution >= 4 is 11.8 Å². The van der Waals surface area contributed by atoms with Crippen molar-refractivity contribution in [2.45, 2.75) is 50.9 Å². The van der Waals surface area contributed by atoms with Gasteiger partial charge in [-0.25, -0.2) is 8.78 Å². The number of amides is 2. The van der Waals surface area contributed by atoms with E-state index in [4.69, 9.17) is 0 Å². The Kier molecular flexibility index (Phi) is 4.39. The molecule has 2 aromatic rings. The number of nitrogens with zero attached hydrogens (tertiary/aromatic N) is 2. The monoisotopic (exact) mass is 429 g/mol. The van der Waals surface area contributed by atoms with E-state index in [9.17, 15) is 28.3 Å². The highest BCUT2D eigenvalue weighted by Crippen LogP contribution is 2.45. The maximum atomic E-state index is 14.0. The summed E-state index contributed by atoms with van der Waals surface area (Å²) in [5.41, 5.74) is -1.32. The second kappa shape index (κ2) is 6.90. The van der Waals surface area contributed by atoms with Crippen molar-refractivity contribution in [1.29, 1.82) is 0 Å². The largest absolute Gasteiger partial charge is 0.503 e. The van der Waals surface area contributed by atoms with Crippen LogP contribution in [0.25, 0.3) is 0 Å². The average Bonchev–Trinajstić information content (AvgIpc) is 3.32. The van der Waals surface area contributed by atoms with Crippen LogP contribution in [0.5, 0.6) is 5.75 Å². The summed E-state index contributed by atoms with van der Waals surface area (Å²) in [6.45, 7) is 1.90. The number of aromatic hydroxyl groups is 1. The predicted octanol–water partition coefficient (Wildman–Crippen LogP) is 2.33. The van der Waals surface area contributed by atoms with Crippen LogP contribution in [0.3, 0.4) is 0 Å². The first kappa shape index (κ1) is 19.7. The van der Waals surface area contributed by atoms with Crippen LogP contribution >= 0.6 is 0 Å². The molecule has 1 aliphatic carbocycles. The highest BCUT2D eigenvalue weighted by Gasteiger charge is 2.51. The third-order valence-corrected chi connectivity index (χ3v) is 6.84. The van der Waals surface area contributed by atoms with Crippen LogP contribution in [0, 0.1) is 17.6 Å². The predicted molar refractivity (Wildman–Crippen MR) is 106 cm³/mol. The summed E-state index contributed by atoms with van der Waals surface area (Å²) >= 11 is 0. The minimum Gasteiger partial charge on any atom is -0.503 e. The summed E-state index contributed by atoms with van der Waals surface area (Å²) in [6.07, 6.45) is 4.18. The number of nitrogens with one attached hydrogen (secondary N) is 1. The Bertz CT molecular complexity index is 1180. The quantitative estimate of drug-likeness (QED) is 0.784. The van der Waals surface area contributed by atoms with Gasteiger partial charge in [0.05, 0.1) is 12.1 Å². The number of aromatic nitrogens is 1. The number of carbonyl (C=O) groups excluding carboxylic acids is 2. The van der Waals surface area contributed by atoms with Gasteiger partial charge in [0.2, 0.25) is 5.43 Å². The Labute approximate surface area is 176 Å². The van der Waals surface area contributed by atoms with Crippen LogP contribution in [0.1, 0.15) is 58.6 Å². The SMILES string of the molecule is C[C@@H](NC(=O)c1cn2c(c(O)c1=O)C(=O)N1[C@H]3CC[C@H](C3)[C@@H]1C2)c1ccc(F)cc1F. The van der Waals surface area contributed by atoms with E-state index in [0.29, 0.717) is 18.5 Å². The summed E-state index contributed by atoms with van der Waals surface area (Å²) < 4.78 is 28.7. The van der Waals surface area contributed by atoms with Crippen molar-refractivity contribution < 1.29 is 23.5 Å². The molecule has 0 unspecified atom stereocenters. The maximum Gasteiger partial charge on any atom is 0.275 e. The Balaban J connectivity index is 1.46. The van der Waals surface area contributed by atoms with Gasteiger partial charge in [-0.1, -0.05) is 6.07 Å². The van der Waals surface area contributed by atoms with Gasteiger partial charge in [0.15, 0.2) is 11.4 Å². The maximum absolute atomic E-state index is 14.0. The van der Waals surface area contributed by atoms with Crippen molar-refractivity contribution in [3.8, 4) is 5.75 Å². The number of hydrogen-bond acceptors (Lipinski definition) is 4. The highest BCUT2D eigenvalue weighted by molar-refractivity contribution is 5.99. The molecule has 9 heteroatoms. The summed E-state index contributed by atoms with van der Waals surface area (Å²) in [5.74, 6) is -3.12. The third-order valence-electron chi connectivity index (χ3n) is 6.84. The number of piperidine rings is 1. The summed E-state index contributed by atoms with van der Waals surface area (Å²) in [5, 5.41) is 13.0. The number of fused-ring (bicyclic) bond motifs is 6. The molecule has 2 N–H and O–H groups in total. The summed E-state index contributed by atoms with van der Waals surface area (Å²) in [6, 6.07) is 2.29. The zero-order valence-corrected chi connectivity index (χ0v) is 16.8. The standard InChI is InChI=1S/C22H21F2N3O4/c1-10(14-5-3-12(23)7-16(14)24)25-21(30)15-8-26-9-17-11-2-4-13(6-11)27(17)22(31)18(26)20(29)19(15)28/h3,5,7-8,10-11,13,17,29H,2,4,6,9H2,1H3,(H,25,30)/t10-,11-,13+,17+/m1/s1. The van der Waals surface area contributed by atoms with Gasteiger partial charge in [-0.3, -0.25) is 14.4 Å². The molecule has 31 heavy (non-hydrogen) atoms. The number of halogens is 2. The first-order chi connectivity index (χ1) is 14.8. The fourth-order valence-corrected chi connectivity index (χ4v) is 5.35. The molecule has 2 bridgehead atoms. The van der Waals surface area contributed by atoms with Gasteiger partial charge in [-0.2, -0.15) is 0 Å². The van der Waals surface area contributed by atoms with E-state index < -0.39 is 34.8 Å². The molecule has 2 amide bonds. The molecule has 3 heterocycles. The number of rotatable bonds is 3. The Hall–Kier alpha value is -3.23. The van der Waals surface area contributed by atoms with Crippen LogP contribution in [-0.2, 0) is 6.54 Å². The minimum absolute atomic E-state index is 0.0104. The molecule has 1 aromatic heterocycles. The molecule has 5 rings (SSSR count). The molecule has 0 radical (unpaired) electrons. The molecule has 1 aromatic carbocycles. The van der Waals surface area contributed by atoms with Gasteiger partial charge < -0.3 is 19.9 Å². The number of pyridine rings is 1. The molecule has 4 atom stereocenters. The van der Waals surface area contributed by atoms with Gasteiger partial charge in [0.1, 0.15) is 17.2 Å². The first-order valence-electron chi connectivity index (χ1n) is 10.3. The molecule has 3 aliphatic rings. The van der Waals surface area contributed by atoms with Crippen LogP contribution in [0.2, 0.25) is 0 Å². The average molecular weight is 429 g/mol. The molecular formula is C22H21F2N3O4. The van der Waals surface area contributed by atoms with Crippen molar-refractivity contribution in [3.63, 3.8) is 0 Å². The molecule has 1 saturated heterocycles. The zero-order valence-electron chi connectivity index (χ0n) is 16.8. The van der Waals surface area contributed by atoms with Crippen LogP contribution < -0.4 is 10.7 Å². The molecule has 0 spiro atoms. The topological polar surface area (TPSA) is 91.6 Å². The smallest absolute Gasteiger partial charge is 0.275 e. The van der Waals surface area contributed by atoms with E-state index in [1.165, 1.54) is 23.8 Å².